The molecule has 6 nitrogen and oxygen atoms in total. The standard InChI is InChI=1S/C21H28N4O2/c1-16-19(23-20(22-16)17-7-3-2-4-8-17)21(26)25-10-6-5-9-18(25)15-24-11-13-27-14-12-24/h2-4,7-8,18H,5-6,9-15H2,1H3,(H,22,23). The minimum absolute atomic E-state index is 0.0592. The van der Waals surface area contributed by atoms with Crippen molar-refractivity contribution in [2.45, 2.75) is 32.2 Å². The number of benzene rings is 1. The summed E-state index contributed by atoms with van der Waals surface area (Å²) in [7, 11) is 0. The lowest BCUT2D eigenvalue weighted by Crippen LogP contribution is -2.51. The zero-order valence-electron chi connectivity index (χ0n) is 16.0. The van der Waals surface area contributed by atoms with Crippen molar-refractivity contribution >= 4 is 5.91 Å². The van der Waals surface area contributed by atoms with Crippen molar-refractivity contribution in [3.63, 3.8) is 0 Å². The highest BCUT2D eigenvalue weighted by Crippen LogP contribution is 2.23. The molecular formula is C21H28N4O2. The van der Waals surface area contributed by atoms with Gasteiger partial charge in [-0.2, -0.15) is 0 Å². The third-order valence-corrected chi connectivity index (χ3v) is 5.60. The molecule has 1 aromatic carbocycles. The minimum Gasteiger partial charge on any atom is -0.379 e. The van der Waals surface area contributed by atoms with Gasteiger partial charge in [-0.3, -0.25) is 9.69 Å². The summed E-state index contributed by atoms with van der Waals surface area (Å²) >= 11 is 0. The van der Waals surface area contributed by atoms with E-state index in [1.807, 2.05) is 37.3 Å². The summed E-state index contributed by atoms with van der Waals surface area (Å²) in [6.07, 6.45) is 3.33. The van der Waals surface area contributed by atoms with Crippen LogP contribution in [0.3, 0.4) is 0 Å². The van der Waals surface area contributed by atoms with Crippen LogP contribution in [-0.2, 0) is 4.74 Å². The number of morpholine rings is 1. The lowest BCUT2D eigenvalue weighted by atomic mass is 10.0. The average molecular weight is 368 g/mol. The monoisotopic (exact) mass is 368 g/mol. The number of nitrogens with one attached hydrogen (secondary N) is 1. The molecule has 27 heavy (non-hydrogen) atoms. The van der Waals surface area contributed by atoms with E-state index < -0.39 is 0 Å². The first kappa shape index (κ1) is 18.2. The molecule has 0 aliphatic carbocycles. The van der Waals surface area contributed by atoms with Crippen molar-refractivity contribution < 1.29 is 9.53 Å². The fraction of sp³-hybridized carbons (Fsp3) is 0.524. The third-order valence-electron chi connectivity index (χ3n) is 5.60. The van der Waals surface area contributed by atoms with E-state index in [0.717, 1.165) is 69.3 Å². The Hall–Kier alpha value is -2.18. The molecule has 1 atom stereocenters. The van der Waals surface area contributed by atoms with Crippen molar-refractivity contribution in [1.82, 2.24) is 19.8 Å². The number of aromatic amines is 1. The van der Waals surface area contributed by atoms with Crippen LogP contribution in [0.5, 0.6) is 0 Å². The number of carbonyl (C=O) groups excluding carboxylic acids is 1. The lowest BCUT2D eigenvalue weighted by molar-refractivity contribution is 0.0164. The highest BCUT2D eigenvalue weighted by Gasteiger charge is 2.31. The Morgan fingerprint density at radius 2 is 1.96 bits per heavy atom. The number of nitrogens with zero attached hydrogens (tertiary/aromatic N) is 3. The van der Waals surface area contributed by atoms with E-state index in [-0.39, 0.29) is 11.9 Å². The zero-order chi connectivity index (χ0) is 18.6. The summed E-state index contributed by atoms with van der Waals surface area (Å²) in [4.78, 5) is 25.7. The second-order valence-corrected chi connectivity index (χ2v) is 7.49. The molecule has 2 aromatic rings. The number of imidazole rings is 1. The second-order valence-electron chi connectivity index (χ2n) is 7.49. The maximum absolute atomic E-state index is 13.3. The zero-order valence-corrected chi connectivity index (χ0v) is 16.0. The Morgan fingerprint density at radius 1 is 1.19 bits per heavy atom. The van der Waals surface area contributed by atoms with E-state index in [9.17, 15) is 4.79 Å². The van der Waals surface area contributed by atoms with Crippen LogP contribution < -0.4 is 0 Å². The quantitative estimate of drug-likeness (QED) is 0.901. The molecule has 2 fully saturated rings. The van der Waals surface area contributed by atoms with Crippen LogP contribution in [-0.4, -0.2) is 71.1 Å². The number of piperidine rings is 1. The van der Waals surface area contributed by atoms with Crippen LogP contribution in [0.15, 0.2) is 30.3 Å². The third kappa shape index (κ3) is 4.06. The topological polar surface area (TPSA) is 61.5 Å². The van der Waals surface area contributed by atoms with Gasteiger partial charge in [-0.25, -0.2) is 4.98 Å². The number of likely N-dealkylation sites (tertiary alicyclic amines) is 1. The summed E-state index contributed by atoms with van der Waals surface area (Å²) in [5.74, 6) is 0.821. The minimum atomic E-state index is 0.0592. The van der Waals surface area contributed by atoms with Crippen molar-refractivity contribution in [3.8, 4) is 11.4 Å². The van der Waals surface area contributed by atoms with Gasteiger partial charge in [0.1, 0.15) is 11.5 Å². The van der Waals surface area contributed by atoms with Crippen LogP contribution in [0.25, 0.3) is 11.4 Å². The first-order valence-corrected chi connectivity index (χ1v) is 9.95. The molecule has 1 N–H and O–H groups in total. The number of H-pyrrole nitrogens is 1. The molecule has 0 spiro atoms. The molecule has 2 aliphatic rings. The van der Waals surface area contributed by atoms with Crippen molar-refractivity contribution in [3.05, 3.63) is 41.7 Å². The Kier molecular flexibility index (Phi) is 5.55. The van der Waals surface area contributed by atoms with Gasteiger partial charge in [0.15, 0.2) is 0 Å². The van der Waals surface area contributed by atoms with Gasteiger partial charge in [-0.15, -0.1) is 0 Å². The van der Waals surface area contributed by atoms with Crippen LogP contribution >= 0.6 is 0 Å². The van der Waals surface area contributed by atoms with Crippen molar-refractivity contribution in [1.29, 1.82) is 0 Å². The average Bonchev–Trinajstić information content (AvgIpc) is 3.11. The van der Waals surface area contributed by atoms with E-state index in [1.54, 1.807) is 0 Å². The molecule has 144 valence electrons. The first-order valence-electron chi connectivity index (χ1n) is 9.95. The molecule has 2 saturated heterocycles. The van der Waals surface area contributed by atoms with Gasteiger partial charge >= 0.3 is 0 Å². The number of rotatable bonds is 4. The molecule has 2 aliphatic heterocycles. The number of aryl methyl sites for hydroxylation is 1. The van der Waals surface area contributed by atoms with Crippen LogP contribution in [0.4, 0.5) is 0 Å². The van der Waals surface area contributed by atoms with E-state index in [4.69, 9.17) is 4.74 Å². The molecule has 0 bridgehead atoms. The Balaban J connectivity index is 1.52. The van der Waals surface area contributed by atoms with Crippen LogP contribution in [0.1, 0.15) is 35.4 Å². The van der Waals surface area contributed by atoms with Gasteiger partial charge < -0.3 is 14.6 Å². The Bertz CT molecular complexity index is 768. The fourth-order valence-corrected chi connectivity index (χ4v) is 4.08. The van der Waals surface area contributed by atoms with Crippen molar-refractivity contribution in [2.24, 2.45) is 0 Å². The van der Waals surface area contributed by atoms with E-state index in [2.05, 4.69) is 19.8 Å². The van der Waals surface area contributed by atoms with Gasteiger partial charge in [0.25, 0.3) is 5.91 Å². The summed E-state index contributed by atoms with van der Waals surface area (Å²) in [6, 6.07) is 10.2. The number of hydrogen-bond donors (Lipinski definition) is 1. The van der Waals surface area contributed by atoms with Gasteiger partial charge in [0.2, 0.25) is 0 Å². The molecule has 1 aromatic heterocycles. The summed E-state index contributed by atoms with van der Waals surface area (Å²) in [5.41, 5.74) is 2.40. The predicted molar refractivity (Wildman–Crippen MR) is 105 cm³/mol. The molecular weight excluding hydrogens is 340 g/mol. The lowest BCUT2D eigenvalue weighted by Gasteiger charge is -2.39. The summed E-state index contributed by atoms with van der Waals surface area (Å²) in [6.45, 7) is 7.19. The largest absolute Gasteiger partial charge is 0.379 e. The molecule has 1 unspecified atom stereocenters. The highest BCUT2D eigenvalue weighted by molar-refractivity contribution is 5.94. The number of ether oxygens (including phenoxy) is 1. The summed E-state index contributed by atoms with van der Waals surface area (Å²) < 4.78 is 5.46. The number of carbonyl (C=O) groups is 1. The molecule has 4 rings (SSSR count). The molecule has 0 saturated carbocycles. The molecule has 6 heteroatoms. The second kappa shape index (κ2) is 8.23. The van der Waals surface area contributed by atoms with Crippen LogP contribution in [0.2, 0.25) is 0 Å². The van der Waals surface area contributed by atoms with E-state index >= 15 is 0 Å². The maximum atomic E-state index is 13.3. The first-order chi connectivity index (χ1) is 13.2. The number of amides is 1. The highest BCUT2D eigenvalue weighted by atomic mass is 16.5. The van der Waals surface area contributed by atoms with Gasteiger partial charge in [0.05, 0.1) is 13.2 Å². The van der Waals surface area contributed by atoms with Gasteiger partial charge in [-0.1, -0.05) is 30.3 Å². The van der Waals surface area contributed by atoms with Gasteiger partial charge in [-0.05, 0) is 26.2 Å². The molecule has 1 amide bonds. The molecule has 3 heterocycles. The maximum Gasteiger partial charge on any atom is 0.274 e. The summed E-state index contributed by atoms with van der Waals surface area (Å²) in [5, 5.41) is 0. The Morgan fingerprint density at radius 3 is 2.74 bits per heavy atom. The SMILES string of the molecule is Cc1[nH]c(-c2ccccc2)nc1C(=O)N1CCCCC1CN1CCOCC1. The number of hydrogen-bond acceptors (Lipinski definition) is 4. The van der Waals surface area contributed by atoms with Crippen LogP contribution in [0, 0.1) is 6.92 Å². The fourth-order valence-electron chi connectivity index (χ4n) is 4.08. The van der Waals surface area contributed by atoms with E-state index in [1.165, 1.54) is 6.42 Å². The predicted octanol–water partition coefficient (Wildman–Crippen LogP) is 2.71. The Labute approximate surface area is 160 Å². The van der Waals surface area contributed by atoms with E-state index in [0.29, 0.717) is 5.69 Å². The number of aromatic nitrogens is 2. The molecule has 0 radical (unpaired) electrons. The van der Waals surface area contributed by atoms with Gasteiger partial charge in [0, 0.05) is 43.5 Å². The smallest absolute Gasteiger partial charge is 0.274 e. The van der Waals surface area contributed by atoms with Crippen molar-refractivity contribution in [2.75, 3.05) is 39.4 Å². The normalized spacial score (nSPS) is 21.4.